The largest absolute Gasteiger partial charge is 0.486 e. The summed E-state index contributed by atoms with van der Waals surface area (Å²) in [6.07, 6.45) is 0.404. The molecule has 2 aromatic carbocycles. The van der Waals surface area contributed by atoms with Gasteiger partial charge in [0.05, 0.1) is 26.0 Å². The van der Waals surface area contributed by atoms with E-state index in [9.17, 15) is 13.2 Å². The predicted molar refractivity (Wildman–Crippen MR) is 113 cm³/mol. The molecule has 0 N–H and O–H groups in total. The third-order valence-electron chi connectivity index (χ3n) is 5.05. The van der Waals surface area contributed by atoms with Gasteiger partial charge < -0.3 is 14.4 Å². The smallest absolute Gasteiger partial charge is 0.264 e. The summed E-state index contributed by atoms with van der Waals surface area (Å²) >= 11 is 0. The molecule has 8 heteroatoms. The molecule has 3 rings (SSSR count). The minimum Gasteiger partial charge on any atom is -0.486 e. The Morgan fingerprint density at radius 2 is 1.83 bits per heavy atom. The second-order valence-electron chi connectivity index (χ2n) is 7.57. The van der Waals surface area contributed by atoms with Gasteiger partial charge in [-0.1, -0.05) is 29.8 Å². The van der Waals surface area contributed by atoms with Crippen LogP contribution in [0.5, 0.6) is 5.75 Å². The van der Waals surface area contributed by atoms with Gasteiger partial charge >= 0.3 is 0 Å². The molecular formula is C22H27NO6S. The number of carbonyl (C=O) groups is 1. The Balaban J connectivity index is 1.71. The van der Waals surface area contributed by atoms with E-state index in [-0.39, 0.29) is 24.7 Å². The summed E-state index contributed by atoms with van der Waals surface area (Å²) < 4.78 is 38.9. The number of hydrogen-bond acceptors (Lipinski definition) is 6. The Morgan fingerprint density at radius 1 is 1.10 bits per heavy atom. The molecule has 1 fully saturated rings. The minimum absolute atomic E-state index is 0.0420. The molecule has 0 radical (unpaired) electrons. The topological polar surface area (TPSA) is 82.1 Å². The maximum atomic E-state index is 13.1. The number of carbonyl (C=O) groups excluding carboxylic acids is 1. The average Bonchev–Trinajstić information content (AvgIpc) is 3.10. The Morgan fingerprint density at radius 3 is 2.53 bits per heavy atom. The summed E-state index contributed by atoms with van der Waals surface area (Å²) in [5.41, 5.74) is 3.33. The second kappa shape index (κ2) is 9.16. The molecule has 30 heavy (non-hydrogen) atoms. The van der Waals surface area contributed by atoms with Crippen molar-refractivity contribution in [3.63, 3.8) is 0 Å². The van der Waals surface area contributed by atoms with Crippen LogP contribution in [-0.2, 0) is 25.6 Å². The van der Waals surface area contributed by atoms with Crippen molar-refractivity contribution >= 4 is 16.0 Å². The molecule has 1 aliphatic rings. The van der Waals surface area contributed by atoms with Crippen LogP contribution in [-0.4, -0.2) is 57.9 Å². The monoisotopic (exact) mass is 433 g/mol. The fourth-order valence-corrected chi connectivity index (χ4v) is 3.79. The normalized spacial score (nSPS) is 19.1. The van der Waals surface area contributed by atoms with Gasteiger partial charge in [0.15, 0.2) is 0 Å². The summed E-state index contributed by atoms with van der Waals surface area (Å²) in [5.74, 6) is 0.525. The van der Waals surface area contributed by atoms with Gasteiger partial charge in [-0.25, -0.2) is 0 Å². The van der Waals surface area contributed by atoms with Gasteiger partial charge in [0.25, 0.3) is 16.0 Å². The van der Waals surface area contributed by atoms with E-state index in [1.54, 1.807) is 36.3 Å². The van der Waals surface area contributed by atoms with Gasteiger partial charge in [-0.15, -0.1) is 0 Å². The summed E-state index contributed by atoms with van der Waals surface area (Å²) in [6.45, 7) is 4.66. The molecule has 0 saturated carbocycles. The molecule has 2 atom stereocenters. The first kappa shape index (κ1) is 22.3. The van der Waals surface area contributed by atoms with E-state index in [1.165, 1.54) is 0 Å². The lowest BCUT2D eigenvalue weighted by Gasteiger charge is -2.19. The number of benzene rings is 2. The summed E-state index contributed by atoms with van der Waals surface area (Å²) in [4.78, 5) is 14.8. The summed E-state index contributed by atoms with van der Waals surface area (Å²) in [6, 6.07) is 12.9. The van der Waals surface area contributed by atoms with Crippen LogP contribution in [0.1, 0.15) is 27.0 Å². The third-order valence-corrected chi connectivity index (χ3v) is 5.60. The molecule has 1 saturated heterocycles. The van der Waals surface area contributed by atoms with Crippen molar-refractivity contribution in [1.29, 1.82) is 0 Å². The Labute approximate surface area is 177 Å². The number of methoxy groups -OCH3 is 1. The lowest BCUT2D eigenvalue weighted by Crippen LogP contribution is -2.32. The van der Waals surface area contributed by atoms with Gasteiger partial charge in [0.1, 0.15) is 18.0 Å². The summed E-state index contributed by atoms with van der Waals surface area (Å²) in [7, 11) is -1.92. The van der Waals surface area contributed by atoms with Crippen LogP contribution in [0.2, 0.25) is 0 Å². The third kappa shape index (κ3) is 5.59. The minimum atomic E-state index is -3.53. The number of nitrogens with zero attached hydrogens (tertiary/aromatic N) is 1. The predicted octanol–water partition coefficient (Wildman–Crippen LogP) is 2.70. The second-order valence-corrected chi connectivity index (χ2v) is 9.22. The van der Waals surface area contributed by atoms with Crippen molar-refractivity contribution in [2.45, 2.75) is 32.7 Å². The number of ether oxygens (including phenoxy) is 2. The fourth-order valence-electron chi connectivity index (χ4n) is 3.44. The van der Waals surface area contributed by atoms with Crippen molar-refractivity contribution in [3.8, 4) is 5.75 Å². The molecule has 1 heterocycles. The molecule has 7 nitrogen and oxygen atoms in total. The van der Waals surface area contributed by atoms with Crippen LogP contribution in [0.15, 0.2) is 42.5 Å². The van der Waals surface area contributed by atoms with Crippen molar-refractivity contribution in [2.75, 3.05) is 26.5 Å². The number of rotatable bonds is 7. The van der Waals surface area contributed by atoms with E-state index in [0.717, 1.165) is 17.4 Å². The average molecular weight is 434 g/mol. The molecule has 1 aliphatic heterocycles. The Kier molecular flexibility index (Phi) is 6.80. The van der Waals surface area contributed by atoms with Gasteiger partial charge in [-0.05, 0) is 43.2 Å². The highest BCUT2D eigenvalue weighted by Crippen LogP contribution is 2.24. The zero-order chi connectivity index (χ0) is 21.9. The Bertz CT molecular complexity index is 1020. The van der Waals surface area contributed by atoms with Gasteiger partial charge in [0, 0.05) is 12.7 Å². The van der Waals surface area contributed by atoms with Crippen LogP contribution >= 0.6 is 0 Å². The first-order valence-corrected chi connectivity index (χ1v) is 11.5. The molecule has 0 bridgehead atoms. The van der Waals surface area contributed by atoms with Gasteiger partial charge in [0.2, 0.25) is 0 Å². The highest BCUT2D eigenvalue weighted by molar-refractivity contribution is 7.85. The van der Waals surface area contributed by atoms with Crippen molar-refractivity contribution in [3.05, 3.63) is 64.7 Å². The molecule has 0 unspecified atom stereocenters. The molecule has 2 aromatic rings. The lowest BCUT2D eigenvalue weighted by molar-refractivity contribution is 0.0339. The van der Waals surface area contributed by atoms with Crippen molar-refractivity contribution in [2.24, 2.45) is 0 Å². The highest BCUT2D eigenvalue weighted by Gasteiger charge is 2.37. The highest BCUT2D eigenvalue weighted by atomic mass is 32.2. The standard InChI is InChI=1S/C22H27NO6S/c1-15-8-9-16(2)19(10-15)22(24)23-12-20(27-3)21(13-23)29-18-7-5-6-17(11-18)14-28-30(4,25)26/h5-11,20-21H,12-14H2,1-4H3/t20-,21-/m1/s1. The SMILES string of the molecule is CO[C@@H]1CN(C(=O)c2cc(C)ccc2C)C[C@H]1Oc1cccc(COS(C)(=O)=O)c1. The van der Waals surface area contributed by atoms with Crippen LogP contribution in [0.4, 0.5) is 0 Å². The Hall–Kier alpha value is -2.42. The van der Waals surface area contributed by atoms with Crippen LogP contribution < -0.4 is 4.74 Å². The molecule has 0 spiro atoms. The van der Waals surface area contributed by atoms with Crippen molar-refractivity contribution in [1.82, 2.24) is 4.90 Å². The summed E-state index contributed by atoms with van der Waals surface area (Å²) in [5, 5.41) is 0. The molecule has 0 aromatic heterocycles. The maximum Gasteiger partial charge on any atom is 0.264 e. The number of aryl methyl sites for hydroxylation is 2. The number of likely N-dealkylation sites (tertiary alicyclic amines) is 1. The van der Waals surface area contributed by atoms with E-state index in [1.807, 2.05) is 32.0 Å². The maximum absolute atomic E-state index is 13.1. The first-order valence-electron chi connectivity index (χ1n) is 9.65. The number of amides is 1. The van der Waals surface area contributed by atoms with Gasteiger partial charge in [-0.3, -0.25) is 8.98 Å². The zero-order valence-electron chi connectivity index (χ0n) is 17.6. The zero-order valence-corrected chi connectivity index (χ0v) is 18.4. The van der Waals surface area contributed by atoms with E-state index in [2.05, 4.69) is 0 Å². The molecule has 0 aliphatic carbocycles. The molecular weight excluding hydrogens is 406 g/mol. The quantitative estimate of drug-likeness (QED) is 0.625. The molecule has 162 valence electrons. The van der Waals surface area contributed by atoms with E-state index in [0.29, 0.717) is 30.0 Å². The van der Waals surface area contributed by atoms with Gasteiger partial charge in [-0.2, -0.15) is 8.42 Å². The fraction of sp³-hybridized carbons (Fsp3) is 0.409. The van der Waals surface area contributed by atoms with E-state index < -0.39 is 10.1 Å². The number of hydrogen-bond donors (Lipinski definition) is 0. The van der Waals surface area contributed by atoms with E-state index in [4.69, 9.17) is 13.7 Å². The molecule has 1 amide bonds. The van der Waals surface area contributed by atoms with Crippen LogP contribution in [0, 0.1) is 13.8 Å². The van der Waals surface area contributed by atoms with E-state index >= 15 is 0 Å². The lowest BCUT2D eigenvalue weighted by atomic mass is 10.0. The van der Waals surface area contributed by atoms with Crippen molar-refractivity contribution < 1.29 is 26.9 Å². The van der Waals surface area contributed by atoms with Crippen LogP contribution in [0.3, 0.4) is 0 Å². The first-order chi connectivity index (χ1) is 14.2. The van der Waals surface area contributed by atoms with Crippen LogP contribution in [0.25, 0.3) is 0 Å².